The van der Waals surface area contributed by atoms with Gasteiger partial charge >= 0.3 is 0 Å². The van der Waals surface area contributed by atoms with Gasteiger partial charge in [0.25, 0.3) is 0 Å². The molecular formula is C8H17N4+. The van der Waals surface area contributed by atoms with Gasteiger partial charge < -0.3 is 5.32 Å². The Kier molecular flexibility index (Phi) is 2.94. The van der Waals surface area contributed by atoms with E-state index < -0.39 is 0 Å². The lowest BCUT2D eigenvalue weighted by molar-refractivity contribution is 0.526. The van der Waals surface area contributed by atoms with E-state index in [1.165, 1.54) is 19.6 Å². The van der Waals surface area contributed by atoms with E-state index in [2.05, 4.69) is 20.9 Å². The van der Waals surface area contributed by atoms with E-state index in [4.69, 9.17) is 0 Å². The molecule has 3 aliphatic heterocycles. The van der Waals surface area contributed by atoms with Gasteiger partial charge in [-0.25, -0.2) is 5.32 Å². The molecule has 0 amide bonds. The summed E-state index contributed by atoms with van der Waals surface area (Å²) in [4.78, 5) is 2.42. The molecule has 12 heavy (non-hydrogen) atoms. The van der Waals surface area contributed by atoms with Crippen molar-refractivity contribution in [3.63, 3.8) is 0 Å². The van der Waals surface area contributed by atoms with Crippen LogP contribution < -0.4 is 20.9 Å². The minimum atomic E-state index is 0.796. The summed E-state index contributed by atoms with van der Waals surface area (Å²) in [6, 6.07) is 0. The molecule has 0 bridgehead atoms. The molecule has 0 spiro atoms. The predicted molar refractivity (Wildman–Crippen MR) is 48.4 cm³/mol. The van der Waals surface area contributed by atoms with Gasteiger partial charge in [-0.3, -0.25) is 5.32 Å². The fourth-order valence-electron chi connectivity index (χ4n) is 1.54. The summed E-state index contributed by atoms with van der Waals surface area (Å²) in [5.74, 6) is 0. The van der Waals surface area contributed by atoms with Crippen molar-refractivity contribution >= 4 is 0 Å². The Morgan fingerprint density at radius 3 is 2.17 bits per heavy atom. The second-order valence-electron chi connectivity index (χ2n) is 3.39. The Morgan fingerprint density at radius 2 is 2.00 bits per heavy atom. The van der Waals surface area contributed by atoms with Crippen molar-refractivity contribution < 1.29 is 0 Å². The van der Waals surface area contributed by atoms with Gasteiger partial charge in [-0.05, 0) is 0 Å². The van der Waals surface area contributed by atoms with Crippen LogP contribution in [0.1, 0.15) is 0 Å². The quantitative estimate of drug-likeness (QED) is 0.334. The molecule has 3 aliphatic rings. The first-order valence-electron chi connectivity index (χ1n) is 4.78. The molecule has 68 valence electrons. The molecule has 2 unspecified atom stereocenters. The second kappa shape index (κ2) is 4.18. The van der Waals surface area contributed by atoms with Crippen molar-refractivity contribution in [2.24, 2.45) is 0 Å². The van der Waals surface area contributed by atoms with E-state index in [1.54, 1.807) is 0 Å². The van der Waals surface area contributed by atoms with Crippen LogP contribution in [0.3, 0.4) is 0 Å². The molecular weight excluding hydrogens is 152 g/mol. The van der Waals surface area contributed by atoms with E-state index in [0.717, 1.165) is 32.3 Å². The molecule has 0 aromatic carbocycles. The molecule has 2 radical (unpaired) electrons. The molecule has 0 aromatic heterocycles. The number of hydrogen-bond donors (Lipinski definition) is 2. The summed E-state index contributed by atoms with van der Waals surface area (Å²) >= 11 is 0. The molecule has 3 rings (SSSR count). The average Bonchev–Trinajstić information content (AvgIpc) is 2.78. The summed E-state index contributed by atoms with van der Waals surface area (Å²) in [5.41, 5.74) is 0. The van der Waals surface area contributed by atoms with Crippen LogP contribution in [-0.4, -0.2) is 52.0 Å². The first kappa shape index (κ1) is 8.44. The zero-order valence-electron chi connectivity index (χ0n) is 7.42. The van der Waals surface area contributed by atoms with E-state index in [-0.39, 0.29) is 0 Å². The van der Waals surface area contributed by atoms with Crippen molar-refractivity contribution in [1.29, 1.82) is 0 Å². The maximum absolute atomic E-state index is 4.11. The van der Waals surface area contributed by atoms with E-state index in [0.29, 0.717) is 0 Å². The number of hydrogen-bond acceptors (Lipinski definition) is 3. The fourth-order valence-corrected chi connectivity index (χ4v) is 1.54. The van der Waals surface area contributed by atoms with E-state index in [9.17, 15) is 0 Å². The van der Waals surface area contributed by atoms with Crippen molar-refractivity contribution in [1.82, 2.24) is 20.9 Å². The van der Waals surface area contributed by atoms with Gasteiger partial charge in [-0.1, -0.05) is 0 Å². The highest BCUT2D eigenvalue weighted by Crippen LogP contribution is 2.12. The Labute approximate surface area is 73.7 Å². The Bertz CT molecular complexity index is 116. The van der Waals surface area contributed by atoms with Gasteiger partial charge in [0, 0.05) is 26.2 Å². The number of fused-ring (bicyclic) bond motifs is 1. The molecule has 0 aromatic rings. The summed E-state index contributed by atoms with van der Waals surface area (Å²) in [7, 11) is 0. The lowest BCUT2D eigenvalue weighted by Crippen LogP contribution is -2.35. The topological polar surface area (TPSA) is 44.1 Å². The van der Waals surface area contributed by atoms with E-state index >= 15 is 0 Å². The third-order valence-corrected chi connectivity index (χ3v) is 2.39. The number of piperazine rings is 2. The highest BCUT2D eigenvalue weighted by Gasteiger charge is 2.50. The Balaban J connectivity index is 0.0000000939. The Morgan fingerprint density at radius 1 is 1.17 bits per heavy atom. The average molecular weight is 169 g/mol. The maximum Gasteiger partial charge on any atom is 0.241 e. The highest BCUT2D eigenvalue weighted by molar-refractivity contribution is 4.98. The zero-order chi connectivity index (χ0) is 8.23. The van der Waals surface area contributed by atoms with Crippen LogP contribution in [0.4, 0.5) is 0 Å². The summed E-state index contributed by atoms with van der Waals surface area (Å²) in [6.45, 7) is 8.00. The first-order chi connectivity index (χ1) is 5.97. The van der Waals surface area contributed by atoms with Crippen LogP contribution in [0.2, 0.25) is 0 Å². The fraction of sp³-hybridized carbons (Fsp3) is 1.00. The van der Waals surface area contributed by atoms with Gasteiger partial charge in [0.15, 0.2) is 6.54 Å². The summed E-state index contributed by atoms with van der Waals surface area (Å²) in [5, 5.41) is 10.6. The number of rotatable bonds is 0. The second-order valence-corrected chi connectivity index (χ2v) is 3.39. The van der Waals surface area contributed by atoms with Gasteiger partial charge in [0.1, 0.15) is 6.54 Å². The van der Waals surface area contributed by atoms with Crippen molar-refractivity contribution in [2.75, 3.05) is 45.8 Å². The van der Waals surface area contributed by atoms with Gasteiger partial charge in [0.05, 0.1) is 6.54 Å². The number of nitrogens with zero attached hydrogens (tertiary/aromatic N) is 2. The van der Waals surface area contributed by atoms with Crippen molar-refractivity contribution in [2.45, 2.75) is 6.17 Å². The molecule has 2 N–H and O–H groups in total. The standard InChI is InChI=1S/C4H8N2.C4H9N2/c1-2-6-3-4(6)5-1;1-2-6-4-3-5-1/h4-5H,1-3H2;5H,1-4H2/q+1;. The largest absolute Gasteiger partial charge is 0.314 e. The summed E-state index contributed by atoms with van der Waals surface area (Å²) in [6.07, 6.45) is 0.796. The van der Waals surface area contributed by atoms with Gasteiger partial charge in [-0.15, -0.1) is 4.90 Å². The molecule has 3 saturated heterocycles. The van der Waals surface area contributed by atoms with Crippen LogP contribution >= 0.6 is 0 Å². The summed E-state index contributed by atoms with van der Waals surface area (Å²) < 4.78 is 0. The van der Waals surface area contributed by atoms with E-state index in [1.807, 2.05) is 0 Å². The molecule has 4 heteroatoms. The van der Waals surface area contributed by atoms with Crippen molar-refractivity contribution in [3.8, 4) is 0 Å². The lowest BCUT2D eigenvalue weighted by atomic mass is 10.4. The highest BCUT2D eigenvalue weighted by atomic mass is 15.5. The third kappa shape index (κ3) is 2.42. The zero-order valence-corrected chi connectivity index (χ0v) is 7.42. The van der Waals surface area contributed by atoms with Crippen LogP contribution in [0.15, 0.2) is 0 Å². The molecule has 2 atom stereocenters. The number of nitrogens with one attached hydrogen (secondary N) is 2. The minimum Gasteiger partial charge on any atom is -0.314 e. The lowest BCUT2D eigenvalue weighted by Gasteiger charge is -2.09. The van der Waals surface area contributed by atoms with Crippen LogP contribution in [0, 0.1) is 0 Å². The molecule has 3 heterocycles. The SMILES string of the molecule is C1CNCC[N]1.C1C[N+]2CC2N1. The van der Waals surface area contributed by atoms with Gasteiger partial charge in [-0.2, -0.15) is 0 Å². The molecule has 0 aliphatic carbocycles. The predicted octanol–water partition coefficient (Wildman–Crippen LogP) is -1.74. The molecule has 3 fully saturated rings. The van der Waals surface area contributed by atoms with Crippen LogP contribution in [0.5, 0.6) is 0 Å². The smallest absolute Gasteiger partial charge is 0.241 e. The minimum absolute atomic E-state index is 0.796. The molecule has 0 saturated carbocycles. The molecule has 4 nitrogen and oxygen atoms in total. The van der Waals surface area contributed by atoms with Gasteiger partial charge in [0.2, 0.25) is 6.17 Å². The van der Waals surface area contributed by atoms with Crippen molar-refractivity contribution in [3.05, 3.63) is 0 Å². The monoisotopic (exact) mass is 169 g/mol. The Hall–Kier alpha value is -0.160. The maximum atomic E-state index is 4.11. The normalized spacial score (nSPS) is 38.0. The van der Waals surface area contributed by atoms with Crippen LogP contribution in [0.25, 0.3) is 0 Å². The third-order valence-electron chi connectivity index (χ3n) is 2.39. The van der Waals surface area contributed by atoms with Crippen LogP contribution in [-0.2, 0) is 0 Å². The first-order valence-corrected chi connectivity index (χ1v) is 4.78.